The van der Waals surface area contributed by atoms with Gasteiger partial charge in [0.05, 0.1) is 32.7 Å². The minimum atomic E-state index is -2.96. The molecule has 0 aromatic heterocycles. The van der Waals surface area contributed by atoms with E-state index in [4.69, 9.17) is 52.1 Å². The molecule has 0 aliphatic carbocycles. The number of rotatable bonds is 11. The quantitative estimate of drug-likeness (QED) is 0.162. The molecule has 0 radical (unpaired) electrons. The van der Waals surface area contributed by atoms with E-state index in [9.17, 15) is 0 Å². The van der Waals surface area contributed by atoms with Crippen molar-refractivity contribution in [3.8, 4) is 74.2 Å². The van der Waals surface area contributed by atoms with Gasteiger partial charge in [0.25, 0.3) is 0 Å². The van der Waals surface area contributed by atoms with Crippen LogP contribution in [0.4, 0.5) is 0 Å². The molecule has 0 fully saturated rings. The summed E-state index contributed by atoms with van der Waals surface area (Å²) >= 11 is 0. The third-order valence-electron chi connectivity index (χ3n) is 3.01. The second kappa shape index (κ2) is 12.3. The summed E-state index contributed by atoms with van der Waals surface area (Å²) in [6.07, 6.45) is 32.7. The summed E-state index contributed by atoms with van der Waals surface area (Å²) in [5.74, 6) is 12.5. The average molecular weight is 445 g/mol. The number of hydrogen-bond acceptors (Lipinski definition) is 9. The molecule has 1 atom stereocenters. The van der Waals surface area contributed by atoms with Gasteiger partial charge in [-0.2, -0.15) is 13.5 Å². The highest BCUT2D eigenvalue weighted by molar-refractivity contribution is 7.83. The first-order valence-corrected chi connectivity index (χ1v) is 13.1. The van der Waals surface area contributed by atoms with Crippen molar-refractivity contribution in [1.29, 1.82) is 0 Å². The van der Waals surface area contributed by atoms with E-state index in [0.717, 1.165) is 0 Å². The topological polar surface area (TPSA) is 109 Å². The molecule has 1 aliphatic rings. The van der Waals surface area contributed by atoms with Crippen molar-refractivity contribution in [2.45, 2.75) is 0 Å². The van der Waals surface area contributed by atoms with E-state index < -0.39 is 22.5 Å². The summed E-state index contributed by atoms with van der Waals surface area (Å²) in [6, 6.07) is 2.39. The molecule has 1 unspecified atom stereocenters. The molecule has 1 aliphatic heterocycles. The zero-order valence-electron chi connectivity index (χ0n) is 15.7. The Kier molecular flexibility index (Phi) is 10.4. The third kappa shape index (κ3) is 7.20. The Morgan fingerprint density at radius 2 is 0.759 bits per heavy atom. The van der Waals surface area contributed by atoms with Crippen LogP contribution in [-0.4, -0.2) is 32.7 Å². The van der Waals surface area contributed by atoms with Crippen LogP contribution in [0, 0.1) is 74.2 Å². The number of nitrogens with zero attached hydrogens (tertiary/aromatic N) is 3. The van der Waals surface area contributed by atoms with Crippen molar-refractivity contribution < 1.29 is 0 Å². The molecule has 1 heterocycles. The zero-order chi connectivity index (χ0) is 21.6. The van der Waals surface area contributed by atoms with Crippen LogP contribution in [-0.2, 0) is 0 Å². The molecule has 0 amide bonds. The average Bonchev–Trinajstić information content (AvgIpc) is 2.72. The first-order chi connectivity index (χ1) is 14.0. The van der Waals surface area contributed by atoms with Crippen molar-refractivity contribution >= 4 is 22.5 Å². The Morgan fingerprint density at radius 1 is 0.483 bits per heavy atom. The molecule has 0 aromatic carbocycles. The van der Waals surface area contributed by atoms with Crippen LogP contribution in [0.15, 0.2) is 13.5 Å². The predicted octanol–water partition coefficient (Wildman–Crippen LogP) is 1.13. The number of terminal acetylenes is 6. The lowest BCUT2D eigenvalue weighted by molar-refractivity contribution is 0.983. The molecule has 150 valence electrons. The van der Waals surface area contributed by atoms with Gasteiger partial charge < -0.3 is 0 Å². The monoisotopic (exact) mass is 445 g/mol. The highest BCUT2D eigenvalue weighted by Crippen LogP contribution is 2.70. The van der Waals surface area contributed by atoms with Gasteiger partial charge in [0.1, 0.15) is 0 Å². The minimum absolute atomic E-state index is 0.157. The first-order valence-electron chi connectivity index (χ1n) is 8.06. The molecule has 6 N–H and O–H groups in total. The van der Waals surface area contributed by atoms with Gasteiger partial charge in [-0.1, -0.05) is 36.0 Å². The van der Waals surface area contributed by atoms with E-state index in [2.05, 4.69) is 66.2 Å². The molecule has 29 heavy (non-hydrogen) atoms. The molecule has 12 heteroatoms. The normalized spacial score (nSPS) is 20.3. The Morgan fingerprint density at radius 3 is 1.07 bits per heavy atom. The first kappa shape index (κ1) is 24.7. The molecular formula is C17H22N9P3. The summed E-state index contributed by atoms with van der Waals surface area (Å²) in [5.41, 5.74) is 0. The molecule has 0 saturated heterocycles. The standard InChI is InChI=1S/C17H22N9P3/c1-7-13-19-27(18-12-6)24-28(20-14-8-2,21-15-9-3)26-29(25-27,22-16-10-4)23-17-11-5/h1-6,18-23H,13-17H2. The lowest BCUT2D eigenvalue weighted by Gasteiger charge is -2.35. The highest BCUT2D eigenvalue weighted by atomic mass is 31.3. The van der Waals surface area contributed by atoms with Gasteiger partial charge in [0.2, 0.25) is 22.5 Å². The Balaban J connectivity index is 3.86. The fourth-order valence-electron chi connectivity index (χ4n) is 2.00. The van der Waals surface area contributed by atoms with Crippen LogP contribution >= 0.6 is 22.5 Å². The second-order valence-electron chi connectivity index (χ2n) is 5.02. The van der Waals surface area contributed by atoms with Gasteiger partial charge in [-0.05, 0) is 0 Å². The van der Waals surface area contributed by atoms with Gasteiger partial charge >= 0.3 is 0 Å². The third-order valence-corrected chi connectivity index (χ3v) is 12.7. The number of hydrogen-bond donors (Lipinski definition) is 6. The smallest absolute Gasteiger partial charge is 0.249 e. The summed E-state index contributed by atoms with van der Waals surface area (Å²) in [6.45, 7) is 0.854. The van der Waals surface area contributed by atoms with Crippen LogP contribution < -0.4 is 30.5 Å². The Labute approximate surface area is 173 Å². The van der Waals surface area contributed by atoms with E-state index in [1.165, 1.54) is 0 Å². The predicted molar refractivity (Wildman–Crippen MR) is 124 cm³/mol. The maximum absolute atomic E-state index is 5.53. The molecule has 0 bridgehead atoms. The lowest BCUT2D eigenvalue weighted by Crippen LogP contribution is -2.30. The maximum atomic E-state index is 5.53. The highest BCUT2D eigenvalue weighted by Gasteiger charge is 2.36. The largest absolute Gasteiger partial charge is 0.282 e. The van der Waals surface area contributed by atoms with Crippen molar-refractivity contribution in [2.24, 2.45) is 13.5 Å². The summed E-state index contributed by atoms with van der Waals surface area (Å²) in [4.78, 5) is 0. The van der Waals surface area contributed by atoms with E-state index in [1.807, 2.05) is 0 Å². The van der Waals surface area contributed by atoms with E-state index in [-0.39, 0.29) is 32.7 Å². The molecular weight excluding hydrogens is 423 g/mol. The Bertz CT molecular complexity index is 932. The van der Waals surface area contributed by atoms with Crippen molar-refractivity contribution in [1.82, 2.24) is 30.5 Å². The van der Waals surface area contributed by atoms with Crippen molar-refractivity contribution in [3.05, 3.63) is 0 Å². The summed E-state index contributed by atoms with van der Waals surface area (Å²) in [7, 11) is -8.75. The van der Waals surface area contributed by atoms with Gasteiger partial charge in [-0.15, -0.1) is 32.1 Å². The Hall–Kier alpha value is -2.35. The summed E-state index contributed by atoms with van der Waals surface area (Å²) in [5, 5.41) is 18.6. The number of nitrogens with one attached hydrogen (secondary N) is 6. The van der Waals surface area contributed by atoms with Gasteiger partial charge in [0.15, 0.2) is 0 Å². The van der Waals surface area contributed by atoms with Crippen LogP contribution in [0.2, 0.25) is 0 Å². The van der Waals surface area contributed by atoms with Crippen LogP contribution in [0.3, 0.4) is 0 Å². The SMILES string of the molecule is C#CCNP1(NC#C)=NP(NCC#C)(NCC#C)=NP(NCC#C)(NCC#C)=N1. The van der Waals surface area contributed by atoms with Crippen LogP contribution in [0.1, 0.15) is 0 Å². The van der Waals surface area contributed by atoms with Gasteiger partial charge in [0, 0.05) is 6.04 Å². The summed E-state index contributed by atoms with van der Waals surface area (Å²) < 4.78 is 14.5. The zero-order valence-corrected chi connectivity index (χ0v) is 18.4. The molecule has 0 aromatic rings. The molecule has 1 rings (SSSR count). The van der Waals surface area contributed by atoms with Crippen LogP contribution in [0.25, 0.3) is 0 Å². The van der Waals surface area contributed by atoms with Crippen molar-refractivity contribution in [2.75, 3.05) is 32.7 Å². The van der Waals surface area contributed by atoms with E-state index >= 15 is 0 Å². The minimum Gasteiger partial charge on any atom is -0.282 e. The second-order valence-corrected chi connectivity index (χ2v) is 12.6. The van der Waals surface area contributed by atoms with E-state index in [0.29, 0.717) is 0 Å². The van der Waals surface area contributed by atoms with Crippen molar-refractivity contribution in [3.63, 3.8) is 0 Å². The van der Waals surface area contributed by atoms with E-state index in [1.54, 1.807) is 0 Å². The maximum Gasteiger partial charge on any atom is 0.249 e. The molecule has 0 saturated carbocycles. The lowest BCUT2D eigenvalue weighted by atomic mass is 10.7. The van der Waals surface area contributed by atoms with Crippen LogP contribution in [0.5, 0.6) is 0 Å². The van der Waals surface area contributed by atoms with Gasteiger partial charge in [-0.25, -0.2) is 25.4 Å². The molecule has 9 nitrogen and oxygen atoms in total. The fraction of sp³-hybridized carbons (Fsp3) is 0.294. The van der Waals surface area contributed by atoms with Gasteiger partial charge in [-0.3, -0.25) is 5.09 Å². The fourth-order valence-corrected chi connectivity index (χ4v) is 12.8. The molecule has 0 spiro atoms.